The van der Waals surface area contributed by atoms with E-state index in [2.05, 4.69) is 0 Å². The quantitative estimate of drug-likeness (QED) is 0.624. The smallest absolute Gasteiger partial charge is 0.234 e. The first-order valence-electron chi connectivity index (χ1n) is 9.06. The summed E-state index contributed by atoms with van der Waals surface area (Å²) >= 11 is 0. The monoisotopic (exact) mass is 354 g/mol. The molecule has 0 bridgehead atoms. The molecule has 0 atom stereocenters. The first-order chi connectivity index (χ1) is 13.5. The Morgan fingerprint density at radius 2 is 0.964 bits per heavy atom. The van der Waals surface area contributed by atoms with E-state index in [4.69, 9.17) is 31.9 Å². The molecule has 0 aliphatic carbocycles. The fourth-order valence-corrected chi connectivity index (χ4v) is 3.86. The third kappa shape index (κ3) is 2.51. The Morgan fingerprint density at radius 3 is 1.61 bits per heavy atom. The van der Waals surface area contributed by atoms with Gasteiger partial charge < -0.3 is 19.2 Å². The SMILES string of the molecule is [B]N1CCN([B])c2cc(-c3ccc4c(c3)N([B])c3ccccc3N4[B])ccc21. The van der Waals surface area contributed by atoms with Crippen molar-refractivity contribution < 1.29 is 0 Å². The molecule has 8 radical (unpaired) electrons. The molecule has 8 heteroatoms. The minimum absolute atomic E-state index is 0.673. The van der Waals surface area contributed by atoms with Crippen molar-refractivity contribution in [3.05, 3.63) is 60.7 Å². The Morgan fingerprint density at radius 1 is 0.500 bits per heavy atom. The second-order valence-electron chi connectivity index (χ2n) is 7.02. The Hall–Kier alpha value is -2.88. The fraction of sp³-hybridized carbons (Fsp3) is 0.100. The average molecular weight is 354 g/mol. The fourth-order valence-electron chi connectivity index (χ4n) is 3.86. The van der Waals surface area contributed by atoms with Gasteiger partial charge in [-0.25, -0.2) is 0 Å². The van der Waals surface area contributed by atoms with Gasteiger partial charge in [-0.2, -0.15) is 0 Å². The maximum absolute atomic E-state index is 6.42. The molecule has 2 aliphatic heterocycles. The van der Waals surface area contributed by atoms with E-state index in [0.29, 0.717) is 13.1 Å². The van der Waals surface area contributed by atoms with E-state index in [1.807, 2.05) is 60.7 Å². The van der Waals surface area contributed by atoms with Gasteiger partial charge in [0.05, 0.1) is 22.7 Å². The first-order valence-corrected chi connectivity index (χ1v) is 9.06. The molecule has 5 rings (SSSR count). The number of fused-ring (bicyclic) bond motifs is 3. The second-order valence-corrected chi connectivity index (χ2v) is 7.02. The lowest BCUT2D eigenvalue weighted by atomic mass is 9.95. The van der Waals surface area contributed by atoms with Gasteiger partial charge in [0.2, 0.25) is 31.9 Å². The first kappa shape index (κ1) is 17.2. The van der Waals surface area contributed by atoms with Crippen LogP contribution in [0, 0.1) is 0 Å². The Labute approximate surface area is 170 Å². The van der Waals surface area contributed by atoms with Crippen LogP contribution < -0.4 is 19.2 Å². The van der Waals surface area contributed by atoms with Gasteiger partial charge in [-0.15, -0.1) is 0 Å². The lowest BCUT2D eigenvalue weighted by Crippen LogP contribution is -2.38. The maximum Gasteiger partial charge on any atom is 0.234 e. The van der Waals surface area contributed by atoms with Crippen LogP contribution in [-0.4, -0.2) is 45.0 Å². The molecule has 0 saturated heterocycles. The molecule has 0 spiro atoms. The lowest BCUT2D eigenvalue weighted by Gasteiger charge is -2.38. The molecule has 126 valence electrons. The zero-order valence-corrected chi connectivity index (χ0v) is 15.3. The lowest BCUT2D eigenvalue weighted by molar-refractivity contribution is 0.918. The van der Waals surface area contributed by atoms with Crippen LogP contribution in [0.1, 0.15) is 0 Å². The predicted octanol–water partition coefficient (Wildman–Crippen LogP) is 2.90. The Balaban J connectivity index is 1.60. The molecule has 3 aromatic rings. The van der Waals surface area contributed by atoms with Crippen LogP contribution in [0.2, 0.25) is 0 Å². The highest BCUT2D eigenvalue weighted by atomic mass is 15.2. The highest BCUT2D eigenvalue weighted by molar-refractivity contribution is 6.32. The molecule has 3 aromatic carbocycles. The normalized spacial score (nSPS) is 15.1. The molecule has 0 N–H and O–H groups in total. The third-order valence-corrected chi connectivity index (χ3v) is 5.40. The molecule has 0 fully saturated rings. The number of hydrogen-bond donors (Lipinski definition) is 0. The average Bonchev–Trinajstić information content (AvgIpc) is 2.74. The van der Waals surface area contributed by atoms with Crippen LogP contribution in [0.15, 0.2) is 60.7 Å². The van der Waals surface area contributed by atoms with Crippen molar-refractivity contribution in [2.24, 2.45) is 0 Å². The van der Waals surface area contributed by atoms with E-state index in [1.54, 1.807) is 19.2 Å². The van der Waals surface area contributed by atoms with E-state index in [1.165, 1.54) is 0 Å². The van der Waals surface area contributed by atoms with E-state index in [0.717, 1.165) is 45.3 Å². The summed E-state index contributed by atoms with van der Waals surface area (Å²) in [5, 5.41) is 0. The number of nitrogens with zero attached hydrogens (tertiary/aromatic N) is 4. The van der Waals surface area contributed by atoms with Crippen LogP contribution in [0.3, 0.4) is 0 Å². The zero-order valence-electron chi connectivity index (χ0n) is 15.3. The predicted molar refractivity (Wildman–Crippen MR) is 120 cm³/mol. The molecule has 2 heterocycles. The van der Waals surface area contributed by atoms with Gasteiger partial charge in [-0.05, 0) is 47.5 Å². The Bertz CT molecular complexity index is 1070. The zero-order chi connectivity index (χ0) is 19.4. The summed E-state index contributed by atoms with van der Waals surface area (Å²) in [6.45, 7) is 1.36. The van der Waals surface area contributed by atoms with Crippen LogP contribution in [-0.2, 0) is 0 Å². The largest absolute Gasteiger partial charge is 0.422 e. The van der Waals surface area contributed by atoms with Crippen LogP contribution in [0.25, 0.3) is 11.1 Å². The molecule has 0 saturated carbocycles. The molecule has 0 amide bonds. The van der Waals surface area contributed by atoms with Gasteiger partial charge in [-0.1, -0.05) is 24.3 Å². The van der Waals surface area contributed by atoms with Crippen molar-refractivity contribution in [2.75, 3.05) is 32.3 Å². The van der Waals surface area contributed by atoms with Crippen LogP contribution in [0.5, 0.6) is 0 Å². The molecule has 4 nitrogen and oxygen atoms in total. The maximum atomic E-state index is 6.42. The van der Waals surface area contributed by atoms with Crippen molar-refractivity contribution in [1.82, 2.24) is 0 Å². The number of rotatable bonds is 1. The van der Waals surface area contributed by atoms with Gasteiger partial charge >= 0.3 is 0 Å². The summed E-state index contributed by atoms with van der Waals surface area (Å²) in [6.07, 6.45) is 0. The van der Waals surface area contributed by atoms with Crippen molar-refractivity contribution in [1.29, 1.82) is 0 Å². The van der Waals surface area contributed by atoms with Gasteiger partial charge in [-0.3, -0.25) is 0 Å². The Kier molecular flexibility index (Phi) is 3.90. The summed E-state index contributed by atoms with van der Waals surface area (Å²) in [6, 6.07) is 19.9. The summed E-state index contributed by atoms with van der Waals surface area (Å²) in [5.41, 5.74) is 7.26. The number of para-hydroxylation sites is 2. The molecule has 0 aromatic heterocycles. The second kappa shape index (κ2) is 6.33. The highest BCUT2D eigenvalue weighted by Crippen LogP contribution is 2.47. The van der Waals surface area contributed by atoms with Crippen molar-refractivity contribution >= 4 is 66.0 Å². The van der Waals surface area contributed by atoms with Crippen molar-refractivity contribution in [3.8, 4) is 11.1 Å². The molecule has 2 aliphatic rings. The van der Waals surface area contributed by atoms with Crippen molar-refractivity contribution in [3.63, 3.8) is 0 Å². The van der Waals surface area contributed by atoms with Gasteiger partial charge in [0.1, 0.15) is 0 Å². The number of benzene rings is 3. The highest BCUT2D eigenvalue weighted by Gasteiger charge is 2.23. The van der Waals surface area contributed by atoms with Gasteiger partial charge in [0, 0.05) is 24.5 Å². The molecular weight excluding hydrogens is 339 g/mol. The summed E-state index contributed by atoms with van der Waals surface area (Å²) in [4.78, 5) is 6.79. The summed E-state index contributed by atoms with van der Waals surface area (Å²) in [5.74, 6) is 0. The van der Waals surface area contributed by atoms with E-state index in [-0.39, 0.29) is 0 Å². The minimum Gasteiger partial charge on any atom is -0.422 e. The number of hydrogen-bond acceptors (Lipinski definition) is 4. The third-order valence-electron chi connectivity index (χ3n) is 5.40. The summed E-state index contributed by atoms with van der Waals surface area (Å²) < 4.78 is 0. The summed E-state index contributed by atoms with van der Waals surface area (Å²) in [7, 11) is 25.0. The van der Waals surface area contributed by atoms with E-state index < -0.39 is 0 Å². The standard InChI is InChI=1S/C20H14B4N4/c21-25-9-10-26(22)19-11-13(5-7-15(19)25)14-6-8-18-20(12-14)28(24)17-4-2-1-3-16(17)27(18)23/h1-8,11-12H,9-10H2. The number of anilines is 6. The topological polar surface area (TPSA) is 13.0 Å². The van der Waals surface area contributed by atoms with Crippen molar-refractivity contribution in [2.45, 2.75) is 0 Å². The van der Waals surface area contributed by atoms with Crippen LogP contribution >= 0.6 is 0 Å². The van der Waals surface area contributed by atoms with E-state index in [9.17, 15) is 0 Å². The van der Waals surface area contributed by atoms with Gasteiger partial charge in [0.15, 0.2) is 0 Å². The van der Waals surface area contributed by atoms with Gasteiger partial charge in [0.25, 0.3) is 0 Å². The minimum atomic E-state index is 0.673. The van der Waals surface area contributed by atoms with Crippen LogP contribution in [0.4, 0.5) is 34.1 Å². The van der Waals surface area contributed by atoms with E-state index >= 15 is 0 Å². The molecule has 28 heavy (non-hydrogen) atoms. The molecular formula is C20H14B4N4. The molecule has 0 unspecified atom stereocenters.